The van der Waals surface area contributed by atoms with Crippen molar-refractivity contribution in [2.45, 2.75) is 71.0 Å². The topological polar surface area (TPSA) is 15.3 Å². The summed E-state index contributed by atoms with van der Waals surface area (Å²) in [5.41, 5.74) is 0.873. The minimum Gasteiger partial charge on any atom is -0.315 e. The molecule has 1 heterocycles. The Morgan fingerprint density at radius 3 is 2.31 bits per heavy atom. The molecule has 2 nitrogen and oxygen atoms in total. The molecule has 0 bridgehead atoms. The molecule has 2 atom stereocenters. The van der Waals surface area contributed by atoms with Crippen LogP contribution < -0.4 is 5.32 Å². The smallest absolute Gasteiger partial charge is 0.0271 e. The van der Waals surface area contributed by atoms with Gasteiger partial charge in [0.2, 0.25) is 0 Å². The number of rotatable bonds is 2. The summed E-state index contributed by atoms with van der Waals surface area (Å²) in [5, 5.41) is 3.58. The van der Waals surface area contributed by atoms with E-state index < -0.39 is 0 Å². The van der Waals surface area contributed by atoms with Crippen molar-refractivity contribution in [2.75, 3.05) is 13.6 Å². The predicted molar refractivity (Wildman–Crippen MR) is 69.7 cm³/mol. The van der Waals surface area contributed by atoms with E-state index in [-0.39, 0.29) is 0 Å². The van der Waals surface area contributed by atoms with Crippen LogP contribution in [0.1, 0.15) is 53.4 Å². The lowest BCUT2D eigenvalue weighted by Crippen LogP contribution is -2.54. The van der Waals surface area contributed by atoms with E-state index in [2.05, 4.69) is 45.0 Å². The fourth-order valence-corrected chi connectivity index (χ4v) is 4.02. The molecule has 0 aromatic heterocycles. The third kappa shape index (κ3) is 1.91. The van der Waals surface area contributed by atoms with Crippen LogP contribution in [0.3, 0.4) is 0 Å². The van der Waals surface area contributed by atoms with Gasteiger partial charge in [-0.05, 0) is 58.5 Å². The lowest BCUT2D eigenvalue weighted by Gasteiger charge is -2.41. The molecule has 1 saturated carbocycles. The van der Waals surface area contributed by atoms with Crippen LogP contribution in [0.15, 0.2) is 0 Å². The van der Waals surface area contributed by atoms with Gasteiger partial charge in [0.15, 0.2) is 0 Å². The minimum atomic E-state index is 0.417. The molecule has 16 heavy (non-hydrogen) atoms. The Hall–Kier alpha value is -0.0800. The third-order valence-electron chi connectivity index (χ3n) is 4.99. The van der Waals surface area contributed by atoms with Gasteiger partial charge in [0.05, 0.1) is 0 Å². The number of likely N-dealkylation sites (tertiary alicyclic amines) is 1. The zero-order valence-corrected chi connectivity index (χ0v) is 11.6. The lowest BCUT2D eigenvalue weighted by atomic mass is 9.86. The molecule has 2 aliphatic rings. The largest absolute Gasteiger partial charge is 0.315 e. The van der Waals surface area contributed by atoms with E-state index in [0.29, 0.717) is 17.0 Å². The molecule has 2 heteroatoms. The monoisotopic (exact) mass is 224 g/mol. The van der Waals surface area contributed by atoms with Crippen molar-refractivity contribution < 1.29 is 0 Å². The fourth-order valence-electron chi connectivity index (χ4n) is 4.02. The minimum absolute atomic E-state index is 0.417. The van der Waals surface area contributed by atoms with E-state index in [0.717, 1.165) is 6.04 Å². The first kappa shape index (κ1) is 12.4. The highest BCUT2D eigenvalue weighted by molar-refractivity contribution is 5.04. The van der Waals surface area contributed by atoms with E-state index in [9.17, 15) is 0 Å². The molecule has 0 spiro atoms. The molecule has 2 unspecified atom stereocenters. The Labute approximate surface area is 101 Å². The van der Waals surface area contributed by atoms with Gasteiger partial charge in [-0.2, -0.15) is 0 Å². The normalized spacial score (nSPS) is 38.1. The molecule has 1 aliphatic carbocycles. The molecular formula is C14H28N2. The van der Waals surface area contributed by atoms with Crippen molar-refractivity contribution in [2.24, 2.45) is 5.41 Å². The van der Waals surface area contributed by atoms with Crippen LogP contribution >= 0.6 is 0 Å². The fraction of sp³-hybridized carbons (Fsp3) is 1.00. The third-order valence-corrected chi connectivity index (χ3v) is 4.99. The first-order chi connectivity index (χ1) is 7.38. The molecule has 94 valence electrons. The second kappa shape index (κ2) is 3.99. The van der Waals surface area contributed by atoms with E-state index in [4.69, 9.17) is 0 Å². The van der Waals surface area contributed by atoms with Crippen molar-refractivity contribution in [1.82, 2.24) is 10.2 Å². The molecule has 1 N–H and O–H groups in total. The number of nitrogens with zero attached hydrogens (tertiary/aromatic N) is 1. The average Bonchev–Trinajstić information content (AvgIpc) is 2.65. The molecule has 0 amide bonds. The Kier molecular flexibility index (Phi) is 3.09. The van der Waals surface area contributed by atoms with Crippen LogP contribution in [-0.2, 0) is 0 Å². The first-order valence-electron chi connectivity index (χ1n) is 6.82. The summed E-state index contributed by atoms with van der Waals surface area (Å²) in [5.74, 6) is 0. The molecule has 0 radical (unpaired) electrons. The summed E-state index contributed by atoms with van der Waals surface area (Å²) in [4.78, 5) is 2.77. The van der Waals surface area contributed by atoms with E-state index in [1.807, 2.05) is 0 Å². The molecule has 1 saturated heterocycles. The lowest BCUT2D eigenvalue weighted by molar-refractivity contribution is 0.0880. The standard InChI is InChI=1S/C14H28N2/c1-13(2)9-7-11(12(13)15-5)16-10-6-8-14(16,3)4/h11-12,15H,6-10H2,1-5H3. The molecule has 0 aromatic rings. The second-order valence-electron chi connectivity index (χ2n) is 6.97. The Morgan fingerprint density at radius 2 is 1.81 bits per heavy atom. The SMILES string of the molecule is CNC1C(N2CCCC2(C)C)CCC1(C)C. The molecule has 2 fully saturated rings. The van der Waals surface area contributed by atoms with Crippen molar-refractivity contribution >= 4 is 0 Å². The molecule has 2 rings (SSSR count). The maximum Gasteiger partial charge on any atom is 0.0271 e. The summed E-state index contributed by atoms with van der Waals surface area (Å²) in [6.45, 7) is 11.0. The van der Waals surface area contributed by atoms with Crippen molar-refractivity contribution in [3.63, 3.8) is 0 Å². The zero-order chi connectivity index (χ0) is 12.0. The summed E-state index contributed by atoms with van der Waals surface area (Å²) < 4.78 is 0. The van der Waals surface area contributed by atoms with Crippen LogP contribution in [-0.4, -0.2) is 36.1 Å². The molecule has 0 aromatic carbocycles. The van der Waals surface area contributed by atoms with Gasteiger partial charge < -0.3 is 5.32 Å². The average molecular weight is 224 g/mol. The van der Waals surface area contributed by atoms with Crippen molar-refractivity contribution in [3.8, 4) is 0 Å². The van der Waals surface area contributed by atoms with E-state index in [1.54, 1.807) is 0 Å². The van der Waals surface area contributed by atoms with Crippen LogP contribution in [0.4, 0.5) is 0 Å². The van der Waals surface area contributed by atoms with Crippen molar-refractivity contribution in [1.29, 1.82) is 0 Å². The highest BCUT2D eigenvalue weighted by Gasteiger charge is 2.48. The summed E-state index contributed by atoms with van der Waals surface area (Å²) >= 11 is 0. The molecular weight excluding hydrogens is 196 g/mol. The number of nitrogens with one attached hydrogen (secondary N) is 1. The van der Waals surface area contributed by atoms with Gasteiger partial charge in [0.25, 0.3) is 0 Å². The quantitative estimate of drug-likeness (QED) is 0.776. The number of hydrogen-bond acceptors (Lipinski definition) is 2. The Bertz CT molecular complexity index is 257. The maximum absolute atomic E-state index is 3.58. The Morgan fingerprint density at radius 1 is 1.12 bits per heavy atom. The van der Waals surface area contributed by atoms with Gasteiger partial charge in [0.1, 0.15) is 0 Å². The van der Waals surface area contributed by atoms with Gasteiger partial charge in [-0.25, -0.2) is 0 Å². The van der Waals surface area contributed by atoms with Crippen LogP contribution in [0.5, 0.6) is 0 Å². The number of hydrogen-bond donors (Lipinski definition) is 1. The predicted octanol–water partition coefficient (Wildman–Crippen LogP) is 2.64. The highest BCUT2D eigenvalue weighted by Crippen LogP contribution is 2.43. The van der Waals surface area contributed by atoms with Gasteiger partial charge in [-0.15, -0.1) is 0 Å². The highest BCUT2D eigenvalue weighted by atomic mass is 15.3. The van der Waals surface area contributed by atoms with Gasteiger partial charge >= 0.3 is 0 Å². The van der Waals surface area contributed by atoms with Crippen LogP contribution in [0, 0.1) is 5.41 Å². The van der Waals surface area contributed by atoms with Crippen LogP contribution in [0.25, 0.3) is 0 Å². The summed E-state index contributed by atoms with van der Waals surface area (Å²) in [6.07, 6.45) is 5.46. The second-order valence-corrected chi connectivity index (χ2v) is 6.97. The van der Waals surface area contributed by atoms with Gasteiger partial charge in [-0.3, -0.25) is 4.90 Å². The first-order valence-corrected chi connectivity index (χ1v) is 6.82. The number of likely N-dealkylation sites (N-methyl/N-ethyl adjacent to an activating group) is 1. The van der Waals surface area contributed by atoms with Gasteiger partial charge in [0, 0.05) is 17.6 Å². The van der Waals surface area contributed by atoms with Gasteiger partial charge in [-0.1, -0.05) is 13.8 Å². The summed E-state index contributed by atoms with van der Waals surface area (Å²) in [6, 6.07) is 1.40. The zero-order valence-electron chi connectivity index (χ0n) is 11.6. The van der Waals surface area contributed by atoms with Crippen LogP contribution in [0.2, 0.25) is 0 Å². The summed E-state index contributed by atoms with van der Waals surface area (Å²) in [7, 11) is 2.13. The molecule has 1 aliphatic heterocycles. The maximum atomic E-state index is 3.58. The Balaban J connectivity index is 2.16. The van der Waals surface area contributed by atoms with Crippen molar-refractivity contribution in [3.05, 3.63) is 0 Å². The van der Waals surface area contributed by atoms with E-state index in [1.165, 1.54) is 32.2 Å². The van der Waals surface area contributed by atoms with E-state index >= 15 is 0 Å².